The molecule has 2 amide bonds. The number of benzene rings is 1. The minimum absolute atomic E-state index is 0.0451. The summed E-state index contributed by atoms with van der Waals surface area (Å²) in [6.45, 7) is -1.89. The lowest BCUT2D eigenvalue weighted by molar-refractivity contribution is -0.174. The Morgan fingerprint density at radius 3 is 2.56 bits per heavy atom. The fourth-order valence-electron chi connectivity index (χ4n) is 4.60. The van der Waals surface area contributed by atoms with Crippen molar-refractivity contribution in [2.45, 2.75) is 49.6 Å². The highest BCUT2D eigenvalue weighted by molar-refractivity contribution is 5.96. The summed E-state index contributed by atoms with van der Waals surface area (Å²) in [4.78, 5) is 26.4. The molecule has 1 aromatic rings. The molecule has 10 heteroatoms. The smallest absolute Gasteiger partial charge is 0.406 e. The number of amides is 2. The van der Waals surface area contributed by atoms with Gasteiger partial charge >= 0.3 is 6.18 Å². The quantitative estimate of drug-likeness (QED) is 0.605. The number of nitrogens with zero attached hydrogens (tertiary/aromatic N) is 1. The minimum Gasteiger partial charge on any atom is -0.486 e. The fraction of sp³-hybridized carbons (Fsp3) is 0.545. The molecule has 4 rings (SSSR count). The summed E-state index contributed by atoms with van der Waals surface area (Å²) in [6, 6.07) is 5.46. The number of aliphatic hydroxyl groups excluding tert-OH is 2. The summed E-state index contributed by atoms with van der Waals surface area (Å²) in [5.74, 6) is -2.07. The summed E-state index contributed by atoms with van der Waals surface area (Å²) in [5.41, 5.74) is 0.741. The van der Waals surface area contributed by atoms with Gasteiger partial charge in [-0.1, -0.05) is 24.6 Å². The van der Waals surface area contributed by atoms with Crippen LogP contribution in [0.4, 0.5) is 13.2 Å². The molecule has 32 heavy (non-hydrogen) atoms. The first-order valence-electron chi connectivity index (χ1n) is 10.6. The number of hydrogen-bond donors (Lipinski definition) is 3. The molecule has 0 bridgehead atoms. The van der Waals surface area contributed by atoms with Crippen molar-refractivity contribution in [1.29, 1.82) is 0 Å². The molecule has 0 unspecified atom stereocenters. The van der Waals surface area contributed by atoms with Crippen LogP contribution >= 0.6 is 0 Å². The fourth-order valence-corrected chi connectivity index (χ4v) is 4.60. The van der Waals surface area contributed by atoms with Crippen LogP contribution < -0.4 is 10.1 Å². The highest BCUT2D eigenvalue weighted by Crippen LogP contribution is 2.47. The average molecular weight is 454 g/mol. The minimum atomic E-state index is -4.68. The number of aliphatic hydroxyl groups is 2. The van der Waals surface area contributed by atoms with Crippen LogP contribution in [0, 0.1) is 5.92 Å². The standard InChI is InChI=1S/C22H25F3N2O5/c23-22(24,25)11-27(21(31)12-4-3-5-12)15-10-14(20(30)26-8-9-28)17-13-6-1-2-7-16(13)32-19(17)18(15)29/h1-2,6-7,10,12,15,17-19,28-29H,3-5,8-9,11H2,(H,26,30)/t15-,17+,18+,19+/m1/s1. The molecule has 1 heterocycles. The van der Waals surface area contributed by atoms with Crippen molar-refractivity contribution < 1.29 is 37.7 Å². The molecule has 0 radical (unpaired) electrons. The predicted octanol–water partition coefficient (Wildman–Crippen LogP) is 1.50. The van der Waals surface area contributed by atoms with Gasteiger partial charge in [0.1, 0.15) is 24.5 Å². The molecule has 4 atom stereocenters. The number of para-hydroxylation sites is 1. The summed E-state index contributed by atoms with van der Waals surface area (Å²) in [7, 11) is 0. The van der Waals surface area contributed by atoms with Gasteiger partial charge in [-0.3, -0.25) is 9.59 Å². The Labute approximate surface area is 182 Å². The number of rotatable bonds is 6. The molecule has 2 aliphatic carbocycles. The van der Waals surface area contributed by atoms with Crippen LogP contribution in [0.1, 0.15) is 30.7 Å². The summed E-state index contributed by atoms with van der Waals surface area (Å²) in [6.07, 6.45) is -4.16. The number of halogens is 3. The molecule has 3 N–H and O–H groups in total. The lowest BCUT2D eigenvalue weighted by atomic mass is 9.76. The maximum Gasteiger partial charge on any atom is 0.406 e. The predicted molar refractivity (Wildman–Crippen MR) is 107 cm³/mol. The Kier molecular flexibility index (Phi) is 6.17. The number of hydrogen-bond acceptors (Lipinski definition) is 5. The molecule has 1 fully saturated rings. The van der Waals surface area contributed by atoms with E-state index < -0.39 is 54.6 Å². The van der Waals surface area contributed by atoms with Gasteiger partial charge < -0.3 is 25.2 Å². The van der Waals surface area contributed by atoms with Gasteiger partial charge in [0.2, 0.25) is 11.8 Å². The van der Waals surface area contributed by atoms with Gasteiger partial charge in [-0.15, -0.1) is 0 Å². The van der Waals surface area contributed by atoms with E-state index in [9.17, 15) is 27.9 Å². The Morgan fingerprint density at radius 2 is 1.94 bits per heavy atom. The highest BCUT2D eigenvalue weighted by atomic mass is 19.4. The van der Waals surface area contributed by atoms with Crippen LogP contribution in [0.25, 0.3) is 0 Å². The average Bonchev–Trinajstić information content (AvgIpc) is 3.09. The Balaban J connectivity index is 1.74. The number of nitrogens with one attached hydrogen (secondary N) is 1. The molecule has 1 aromatic carbocycles. The van der Waals surface area contributed by atoms with E-state index in [0.29, 0.717) is 29.1 Å². The van der Waals surface area contributed by atoms with Gasteiger partial charge in [0, 0.05) is 23.6 Å². The van der Waals surface area contributed by atoms with Crippen molar-refractivity contribution in [2.75, 3.05) is 19.7 Å². The molecule has 0 aromatic heterocycles. The zero-order valence-electron chi connectivity index (χ0n) is 17.2. The van der Waals surface area contributed by atoms with E-state index in [1.165, 1.54) is 6.08 Å². The summed E-state index contributed by atoms with van der Waals surface area (Å²) >= 11 is 0. The van der Waals surface area contributed by atoms with E-state index in [2.05, 4.69) is 5.32 Å². The number of fused-ring (bicyclic) bond motifs is 3. The summed E-state index contributed by atoms with van der Waals surface area (Å²) < 4.78 is 46.1. The zero-order chi connectivity index (χ0) is 23.0. The Hall–Kier alpha value is -2.59. The first-order chi connectivity index (χ1) is 15.2. The molecule has 0 saturated heterocycles. The maximum atomic E-state index is 13.4. The van der Waals surface area contributed by atoms with Gasteiger partial charge in [0.05, 0.1) is 18.6 Å². The summed E-state index contributed by atoms with van der Waals surface area (Å²) in [5, 5.41) is 22.7. The van der Waals surface area contributed by atoms with Crippen molar-refractivity contribution in [1.82, 2.24) is 10.2 Å². The van der Waals surface area contributed by atoms with Crippen LogP contribution in [0.2, 0.25) is 0 Å². The van der Waals surface area contributed by atoms with E-state index in [1.807, 2.05) is 0 Å². The molecule has 1 aliphatic heterocycles. The first kappa shape index (κ1) is 22.6. The van der Waals surface area contributed by atoms with E-state index in [4.69, 9.17) is 9.84 Å². The van der Waals surface area contributed by atoms with Crippen LogP contribution in [0.15, 0.2) is 35.9 Å². The van der Waals surface area contributed by atoms with Crippen molar-refractivity contribution >= 4 is 11.8 Å². The lowest BCUT2D eigenvalue weighted by Gasteiger charge is -2.42. The molecule has 1 saturated carbocycles. The highest BCUT2D eigenvalue weighted by Gasteiger charge is 2.52. The van der Waals surface area contributed by atoms with Gasteiger partial charge in [-0.05, 0) is 25.0 Å². The molecular weight excluding hydrogens is 429 g/mol. The third-order valence-corrected chi connectivity index (χ3v) is 6.32. The molecule has 3 aliphatic rings. The van der Waals surface area contributed by atoms with Crippen LogP contribution in [0.3, 0.4) is 0 Å². The lowest BCUT2D eigenvalue weighted by Crippen LogP contribution is -2.58. The Morgan fingerprint density at radius 1 is 1.22 bits per heavy atom. The molecule has 174 valence electrons. The van der Waals surface area contributed by atoms with Crippen molar-refractivity contribution in [3.05, 3.63) is 41.5 Å². The SMILES string of the molecule is O=C(NCCO)C1=C[C@@H](N(CC(F)(F)F)C(=O)C2CCC2)[C@H](O)[C@H]2Oc3ccccc3[C@@H]12. The first-order valence-corrected chi connectivity index (χ1v) is 10.6. The van der Waals surface area contributed by atoms with Crippen LogP contribution in [-0.4, -0.2) is 71.0 Å². The number of ether oxygens (including phenoxy) is 1. The normalized spacial score (nSPS) is 26.8. The van der Waals surface area contributed by atoms with Gasteiger partial charge in [-0.25, -0.2) is 0 Å². The van der Waals surface area contributed by atoms with Gasteiger partial charge in [-0.2, -0.15) is 13.2 Å². The van der Waals surface area contributed by atoms with Crippen molar-refractivity contribution in [3.63, 3.8) is 0 Å². The van der Waals surface area contributed by atoms with E-state index >= 15 is 0 Å². The zero-order valence-corrected chi connectivity index (χ0v) is 17.2. The van der Waals surface area contributed by atoms with E-state index in [-0.39, 0.29) is 18.7 Å². The maximum absolute atomic E-state index is 13.4. The van der Waals surface area contributed by atoms with Crippen molar-refractivity contribution in [3.8, 4) is 5.75 Å². The van der Waals surface area contributed by atoms with E-state index in [0.717, 1.165) is 6.42 Å². The topological polar surface area (TPSA) is 99.1 Å². The second-order valence-electron chi connectivity index (χ2n) is 8.39. The van der Waals surface area contributed by atoms with Crippen LogP contribution in [-0.2, 0) is 9.59 Å². The second-order valence-corrected chi connectivity index (χ2v) is 8.39. The number of carbonyl (C=O) groups is 2. The monoisotopic (exact) mass is 454 g/mol. The number of carbonyl (C=O) groups excluding carboxylic acids is 2. The third kappa shape index (κ3) is 4.21. The third-order valence-electron chi connectivity index (χ3n) is 6.32. The van der Waals surface area contributed by atoms with Gasteiger partial charge in [0.25, 0.3) is 0 Å². The second kappa shape index (κ2) is 8.74. The number of alkyl halides is 3. The molecule has 7 nitrogen and oxygen atoms in total. The van der Waals surface area contributed by atoms with E-state index in [1.54, 1.807) is 24.3 Å². The largest absolute Gasteiger partial charge is 0.486 e. The molecular formula is C22H25F3N2O5. The molecule has 0 spiro atoms. The Bertz CT molecular complexity index is 915. The van der Waals surface area contributed by atoms with Crippen molar-refractivity contribution in [2.24, 2.45) is 5.92 Å². The van der Waals surface area contributed by atoms with Crippen LogP contribution in [0.5, 0.6) is 5.75 Å². The van der Waals surface area contributed by atoms with Gasteiger partial charge in [0.15, 0.2) is 0 Å².